The molecule has 1 fully saturated rings. The van der Waals surface area contributed by atoms with Crippen molar-refractivity contribution in [1.82, 2.24) is 20.1 Å². The van der Waals surface area contributed by atoms with Gasteiger partial charge in [-0.05, 0) is 17.4 Å². The number of carbonyl (C=O) groups is 1. The Kier molecular flexibility index (Phi) is 4.09. The molecular weight excluding hydrogens is 308 g/mol. The monoisotopic (exact) mass is 328 g/mol. The second-order valence-corrected chi connectivity index (χ2v) is 6.81. The van der Waals surface area contributed by atoms with E-state index in [-0.39, 0.29) is 17.0 Å². The second-order valence-electron chi connectivity index (χ2n) is 6.81. The van der Waals surface area contributed by atoms with Crippen LogP contribution in [0.15, 0.2) is 39.9 Å². The molecule has 2 N–H and O–H groups in total. The molecule has 7 nitrogen and oxygen atoms in total. The highest BCUT2D eigenvalue weighted by atomic mass is 16.2. The molecule has 2 aromatic rings. The van der Waals surface area contributed by atoms with Crippen LogP contribution in [-0.4, -0.2) is 39.1 Å². The molecular formula is C17H20N4O3. The summed E-state index contributed by atoms with van der Waals surface area (Å²) in [5, 5.41) is 5.73. The number of nitrogens with one attached hydrogen (secondary N) is 2. The van der Waals surface area contributed by atoms with Crippen molar-refractivity contribution >= 4 is 5.91 Å². The van der Waals surface area contributed by atoms with Gasteiger partial charge in [0, 0.05) is 19.0 Å². The van der Waals surface area contributed by atoms with Crippen molar-refractivity contribution in [3.63, 3.8) is 0 Å². The smallest absolute Gasteiger partial charge is 0.336 e. The van der Waals surface area contributed by atoms with Crippen LogP contribution >= 0.6 is 0 Å². The van der Waals surface area contributed by atoms with Gasteiger partial charge in [-0.2, -0.15) is 5.10 Å². The maximum absolute atomic E-state index is 12.6. The summed E-state index contributed by atoms with van der Waals surface area (Å²) in [5.41, 5.74) is -0.545. The summed E-state index contributed by atoms with van der Waals surface area (Å²) in [6.45, 7) is 5.45. The first-order valence-corrected chi connectivity index (χ1v) is 7.92. The minimum atomic E-state index is -0.759. The topological polar surface area (TPSA) is 98.9 Å². The number of benzene rings is 1. The van der Waals surface area contributed by atoms with Gasteiger partial charge >= 0.3 is 5.69 Å². The molecule has 1 aliphatic rings. The number of piperidine rings is 1. The highest BCUT2D eigenvalue weighted by Crippen LogP contribution is 2.42. The highest BCUT2D eigenvalue weighted by Gasteiger charge is 2.38. The van der Waals surface area contributed by atoms with Crippen molar-refractivity contribution in [1.29, 1.82) is 0 Å². The number of H-pyrrole nitrogens is 2. The Morgan fingerprint density at radius 2 is 1.96 bits per heavy atom. The number of carbonyl (C=O) groups excluding carboxylic acids is 1. The van der Waals surface area contributed by atoms with E-state index >= 15 is 0 Å². The summed E-state index contributed by atoms with van der Waals surface area (Å²) >= 11 is 0. The Hall–Kier alpha value is -2.70. The zero-order valence-electron chi connectivity index (χ0n) is 13.7. The minimum absolute atomic E-state index is 0.0446. The molecule has 1 aromatic carbocycles. The number of hydrogen-bond acceptors (Lipinski definition) is 4. The van der Waals surface area contributed by atoms with Gasteiger partial charge in [-0.25, -0.2) is 9.89 Å². The molecule has 3 rings (SSSR count). The lowest BCUT2D eigenvalue weighted by molar-refractivity contribution is 0.0558. The van der Waals surface area contributed by atoms with Crippen molar-refractivity contribution in [3.8, 4) is 0 Å². The molecule has 0 saturated carbocycles. The Labute approximate surface area is 138 Å². The van der Waals surface area contributed by atoms with E-state index in [0.29, 0.717) is 13.1 Å². The predicted octanol–water partition coefficient (Wildman–Crippen LogP) is 1.11. The zero-order valence-corrected chi connectivity index (χ0v) is 13.7. The number of hydrogen-bond donors (Lipinski definition) is 2. The minimum Gasteiger partial charge on any atom is -0.336 e. The van der Waals surface area contributed by atoms with Crippen molar-refractivity contribution in [2.45, 2.75) is 26.2 Å². The lowest BCUT2D eigenvalue weighted by Crippen LogP contribution is -2.48. The summed E-state index contributed by atoms with van der Waals surface area (Å²) in [5.74, 6) is -0.290. The number of nitrogens with zero attached hydrogens (tertiary/aromatic N) is 2. The molecule has 1 atom stereocenters. The van der Waals surface area contributed by atoms with Crippen LogP contribution in [0.1, 0.15) is 42.2 Å². The van der Waals surface area contributed by atoms with Crippen LogP contribution in [0, 0.1) is 5.41 Å². The van der Waals surface area contributed by atoms with E-state index < -0.39 is 17.2 Å². The van der Waals surface area contributed by atoms with E-state index in [1.807, 2.05) is 23.2 Å². The molecule has 1 saturated heterocycles. The lowest BCUT2D eigenvalue weighted by Gasteiger charge is -2.44. The van der Waals surface area contributed by atoms with Crippen LogP contribution in [0.2, 0.25) is 0 Å². The molecule has 0 radical (unpaired) electrons. The molecule has 1 aromatic heterocycles. The summed E-state index contributed by atoms with van der Waals surface area (Å²) in [6, 6.07) is 10.1. The number of amides is 1. The molecule has 24 heavy (non-hydrogen) atoms. The van der Waals surface area contributed by atoms with Gasteiger partial charge in [-0.15, -0.1) is 0 Å². The van der Waals surface area contributed by atoms with Crippen LogP contribution in [-0.2, 0) is 0 Å². The summed E-state index contributed by atoms with van der Waals surface area (Å²) in [4.78, 5) is 39.2. The van der Waals surface area contributed by atoms with Gasteiger partial charge < -0.3 is 4.90 Å². The Morgan fingerprint density at radius 3 is 2.62 bits per heavy atom. The molecule has 1 amide bonds. The molecule has 1 unspecified atom stereocenters. The van der Waals surface area contributed by atoms with Crippen LogP contribution in [0.25, 0.3) is 0 Å². The van der Waals surface area contributed by atoms with Crippen LogP contribution < -0.4 is 11.2 Å². The fraction of sp³-hybridized carbons (Fsp3) is 0.412. The average molecular weight is 328 g/mol. The van der Waals surface area contributed by atoms with Crippen molar-refractivity contribution in [3.05, 3.63) is 62.4 Å². The predicted molar refractivity (Wildman–Crippen MR) is 89.0 cm³/mol. The fourth-order valence-electron chi connectivity index (χ4n) is 3.22. The van der Waals surface area contributed by atoms with Gasteiger partial charge in [0.25, 0.3) is 11.5 Å². The third-order valence-corrected chi connectivity index (χ3v) is 4.78. The van der Waals surface area contributed by atoms with Crippen molar-refractivity contribution in [2.75, 3.05) is 13.1 Å². The number of aromatic nitrogens is 3. The Bertz CT molecular complexity index is 854. The van der Waals surface area contributed by atoms with Gasteiger partial charge in [0.05, 0.1) is 0 Å². The molecule has 2 heterocycles. The van der Waals surface area contributed by atoms with E-state index in [2.05, 4.69) is 36.2 Å². The fourth-order valence-corrected chi connectivity index (χ4v) is 3.22. The number of rotatable bonds is 2. The molecule has 0 spiro atoms. The Morgan fingerprint density at radius 1 is 1.25 bits per heavy atom. The van der Waals surface area contributed by atoms with E-state index in [4.69, 9.17) is 0 Å². The van der Waals surface area contributed by atoms with E-state index in [9.17, 15) is 14.4 Å². The first-order valence-electron chi connectivity index (χ1n) is 7.92. The van der Waals surface area contributed by atoms with Gasteiger partial charge in [0.1, 0.15) is 0 Å². The van der Waals surface area contributed by atoms with E-state index in [1.54, 1.807) is 4.90 Å². The second kappa shape index (κ2) is 6.07. The number of likely N-dealkylation sites (tertiary alicyclic amines) is 1. The SMILES string of the molecule is CC1(C)CCN(C(=O)c2n[nH]c(=O)[nH]c2=O)CC1c1ccccc1. The van der Waals surface area contributed by atoms with Gasteiger partial charge in [0.2, 0.25) is 5.69 Å². The van der Waals surface area contributed by atoms with E-state index in [1.165, 1.54) is 5.56 Å². The average Bonchev–Trinajstić information content (AvgIpc) is 2.55. The van der Waals surface area contributed by atoms with E-state index in [0.717, 1.165) is 6.42 Å². The molecule has 7 heteroatoms. The highest BCUT2D eigenvalue weighted by molar-refractivity contribution is 5.91. The zero-order chi connectivity index (χ0) is 17.3. The van der Waals surface area contributed by atoms with Crippen LogP contribution in [0.3, 0.4) is 0 Å². The first-order chi connectivity index (χ1) is 11.4. The van der Waals surface area contributed by atoms with Crippen molar-refractivity contribution < 1.29 is 4.79 Å². The molecule has 0 bridgehead atoms. The summed E-state index contributed by atoms with van der Waals surface area (Å²) in [6.07, 6.45) is 0.819. The molecule has 0 aliphatic carbocycles. The summed E-state index contributed by atoms with van der Waals surface area (Å²) < 4.78 is 0. The normalized spacial score (nSPS) is 19.9. The molecule has 126 valence electrons. The Balaban J connectivity index is 1.89. The maximum Gasteiger partial charge on any atom is 0.342 e. The lowest BCUT2D eigenvalue weighted by atomic mass is 9.70. The largest absolute Gasteiger partial charge is 0.342 e. The summed E-state index contributed by atoms with van der Waals surface area (Å²) in [7, 11) is 0. The third-order valence-electron chi connectivity index (χ3n) is 4.78. The quantitative estimate of drug-likeness (QED) is 0.863. The maximum atomic E-state index is 12.6. The molecule has 1 aliphatic heterocycles. The van der Waals surface area contributed by atoms with Crippen LogP contribution in [0.5, 0.6) is 0 Å². The van der Waals surface area contributed by atoms with Gasteiger partial charge in [-0.1, -0.05) is 44.2 Å². The first kappa shape index (κ1) is 16.2. The standard InChI is InChI=1S/C17H20N4O3/c1-17(2)8-9-21(10-12(17)11-6-4-3-5-7-11)15(23)13-14(22)18-16(24)20-19-13/h3-7,12H,8-10H2,1-2H3,(H2,18,20,22,24). The van der Waals surface area contributed by atoms with Gasteiger partial charge in [0.15, 0.2) is 0 Å². The van der Waals surface area contributed by atoms with Gasteiger partial charge in [-0.3, -0.25) is 14.6 Å². The third kappa shape index (κ3) is 3.02. The van der Waals surface area contributed by atoms with Crippen molar-refractivity contribution in [2.24, 2.45) is 5.41 Å². The number of aromatic amines is 2. The van der Waals surface area contributed by atoms with Crippen LogP contribution in [0.4, 0.5) is 0 Å².